The average Bonchev–Trinajstić information content (AvgIpc) is 3.13. The highest BCUT2D eigenvalue weighted by molar-refractivity contribution is 6.31. The van der Waals surface area contributed by atoms with Crippen molar-refractivity contribution in [2.75, 3.05) is 10.6 Å². The fourth-order valence-corrected chi connectivity index (χ4v) is 3.32. The highest BCUT2D eigenvalue weighted by Crippen LogP contribution is 2.34. The minimum Gasteiger partial charge on any atom is -0.466 e. The van der Waals surface area contributed by atoms with Gasteiger partial charge in [-0.3, -0.25) is 14.3 Å². The lowest BCUT2D eigenvalue weighted by atomic mass is 10.0. The number of carbonyl (C=O) groups is 2. The number of fused-ring (bicyclic) bond motifs is 1. The van der Waals surface area contributed by atoms with Crippen LogP contribution in [0.1, 0.15) is 18.1 Å². The number of nitrogens with one attached hydrogen (secondary N) is 2. The van der Waals surface area contributed by atoms with Gasteiger partial charge in [-0.2, -0.15) is 5.10 Å². The summed E-state index contributed by atoms with van der Waals surface area (Å²) < 4.78 is 21.1. The molecule has 9 heteroatoms. The molecule has 1 aliphatic rings. The highest BCUT2D eigenvalue weighted by atomic mass is 35.5. The number of nitrogens with zero attached hydrogens (tertiary/aromatic N) is 2. The van der Waals surface area contributed by atoms with Crippen LogP contribution in [0.3, 0.4) is 0 Å². The lowest BCUT2D eigenvalue weighted by molar-refractivity contribution is -0.143. The summed E-state index contributed by atoms with van der Waals surface area (Å²) in [5, 5.41) is 9.73. The van der Waals surface area contributed by atoms with Crippen LogP contribution in [-0.4, -0.2) is 27.2 Å². The quantitative estimate of drug-likeness (QED) is 0.619. The first kappa shape index (κ1) is 19.9. The van der Waals surface area contributed by atoms with Gasteiger partial charge in [0.05, 0.1) is 24.1 Å². The Morgan fingerprint density at radius 1 is 1.37 bits per heavy atom. The molecule has 30 heavy (non-hydrogen) atoms. The fourth-order valence-electron chi connectivity index (χ4n) is 3.10. The number of ether oxygens (including phenoxy) is 1. The van der Waals surface area contributed by atoms with Crippen molar-refractivity contribution in [3.05, 3.63) is 70.8 Å². The molecule has 1 aromatic heterocycles. The predicted molar refractivity (Wildman–Crippen MR) is 110 cm³/mol. The Bertz CT molecular complexity index is 1140. The number of amides is 2. The molecule has 3 aromatic rings. The van der Waals surface area contributed by atoms with Gasteiger partial charge < -0.3 is 15.4 Å². The van der Waals surface area contributed by atoms with Gasteiger partial charge in [0.1, 0.15) is 11.6 Å². The van der Waals surface area contributed by atoms with Gasteiger partial charge in [-0.25, -0.2) is 4.39 Å². The van der Waals surface area contributed by atoms with Crippen LogP contribution in [-0.2, 0) is 16.1 Å². The van der Waals surface area contributed by atoms with Crippen molar-refractivity contribution >= 4 is 34.8 Å². The van der Waals surface area contributed by atoms with Gasteiger partial charge >= 0.3 is 0 Å². The number of aromatic nitrogens is 2. The van der Waals surface area contributed by atoms with E-state index in [0.717, 1.165) is 5.56 Å². The molecule has 2 N–H and O–H groups in total. The second-order valence-electron chi connectivity index (χ2n) is 7.17. The third-order valence-electron chi connectivity index (χ3n) is 4.84. The van der Waals surface area contributed by atoms with Crippen LogP contribution in [0.4, 0.5) is 15.8 Å². The number of rotatable bonds is 4. The molecular formula is C21H18ClFN4O3. The van der Waals surface area contributed by atoms with Crippen LogP contribution in [0, 0.1) is 12.7 Å². The molecule has 1 unspecified atom stereocenters. The van der Waals surface area contributed by atoms with Crippen LogP contribution in [0.5, 0.6) is 5.75 Å². The zero-order valence-corrected chi connectivity index (χ0v) is 17.0. The van der Waals surface area contributed by atoms with E-state index in [2.05, 4.69) is 15.7 Å². The largest absolute Gasteiger partial charge is 0.466 e. The van der Waals surface area contributed by atoms with Gasteiger partial charge in [-0.15, -0.1) is 0 Å². The molecular weight excluding hydrogens is 411 g/mol. The topological polar surface area (TPSA) is 85.3 Å². The van der Waals surface area contributed by atoms with Crippen LogP contribution < -0.4 is 15.4 Å². The maximum atomic E-state index is 14.0. The number of halogens is 2. The van der Waals surface area contributed by atoms with Crippen molar-refractivity contribution in [2.45, 2.75) is 26.0 Å². The Morgan fingerprint density at radius 2 is 2.17 bits per heavy atom. The zero-order valence-electron chi connectivity index (χ0n) is 16.2. The molecule has 1 atom stereocenters. The van der Waals surface area contributed by atoms with E-state index in [0.29, 0.717) is 17.1 Å². The molecule has 0 saturated heterocycles. The van der Waals surface area contributed by atoms with Crippen LogP contribution >= 0.6 is 11.6 Å². The minimum atomic E-state index is -1.76. The minimum absolute atomic E-state index is 0.0857. The number of aryl methyl sites for hydroxylation is 1. The Hall–Kier alpha value is -3.39. The van der Waals surface area contributed by atoms with Gasteiger partial charge in [0.2, 0.25) is 0 Å². The van der Waals surface area contributed by atoms with Crippen molar-refractivity contribution in [2.24, 2.45) is 0 Å². The first-order valence-electron chi connectivity index (χ1n) is 9.14. The summed E-state index contributed by atoms with van der Waals surface area (Å²) in [6, 6.07) is 9.71. The monoisotopic (exact) mass is 428 g/mol. The summed E-state index contributed by atoms with van der Waals surface area (Å²) in [4.78, 5) is 25.4. The van der Waals surface area contributed by atoms with Gasteiger partial charge in [0.15, 0.2) is 0 Å². The molecule has 0 fully saturated rings. The first-order chi connectivity index (χ1) is 14.3. The molecule has 0 aliphatic carbocycles. The fraction of sp³-hybridized carbons (Fsp3) is 0.190. The predicted octanol–water partition coefficient (Wildman–Crippen LogP) is 3.76. The zero-order chi connectivity index (χ0) is 21.5. The molecule has 0 saturated carbocycles. The highest BCUT2D eigenvalue weighted by Gasteiger charge is 2.47. The van der Waals surface area contributed by atoms with E-state index < -0.39 is 23.2 Å². The van der Waals surface area contributed by atoms with Crippen molar-refractivity contribution in [1.29, 1.82) is 0 Å². The average molecular weight is 429 g/mol. The summed E-state index contributed by atoms with van der Waals surface area (Å²) in [5.74, 6) is -1.28. The second-order valence-corrected chi connectivity index (χ2v) is 7.58. The molecule has 2 aromatic carbocycles. The van der Waals surface area contributed by atoms with E-state index >= 15 is 0 Å². The molecule has 154 valence electrons. The normalized spacial score (nSPS) is 17.7. The van der Waals surface area contributed by atoms with Crippen molar-refractivity contribution < 1.29 is 18.7 Å². The Kier molecular flexibility index (Phi) is 4.95. The third kappa shape index (κ3) is 3.61. The Balaban J connectivity index is 1.50. The smallest absolute Gasteiger partial charge is 0.278 e. The van der Waals surface area contributed by atoms with Gasteiger partial charge in [0, 0.05) is 16.8 Å². The van der Waals surface area contributed by atoms with Crippen LogP contribution in [0.25, 0.3) is 0 Å². The van der Waals surface area contributed by atoms with E-state index in [9.17, 15) is 14.0 Å². The molecule has 4 rings (SSSR count). The lowest BCUT2D eigenvalue weighted by Gasteiger charge is -2.33. The molecule has 0 bridgehead atoms. The number of carbonyl (C=O) groups excluding carboxylic acids is 2. The lowest BCUT2D eigenvalue weighted by Crippen LogP contribution is -2.56. The van der Waals surface area contributed by atoms with Gasteiger partial charge in [0.25, 0.3) is 17.4 Å². The van der Waals surface area contributed by atoms with E-state index in [-0.39, 0.29) is 17.1 Å². The molecule has 1 aliphatic heterocycles. The summed E-state index contributed by atoms with van der Waals surface area (Å²) in [7, 11) is 0. The van der Waals surface area contributed by atoms with Crippen molar-refractivity contribution in [3.63, 3.8) is 0 Å². The summed E-state index contributed by atoms with van der Waals surface area (Å²) in [6.07, 6.45) is 2.91. The molecule has 2 heterocycles. The second kappa shape index (κ2) is 7.46. The number of anilines is 2. The van der Waals surface area contributed by atoms with Gasteiger partial charge in [-0.1, -0.05) is 23.7 Å². The maximum absolute atomic E-state index is 14.0. The Labute approximate surface area is 176 Å². The van der Waals surface area contributed by atoms with Crippen molar-refractivity contribution in [1.82, 2.24) is 9.78 Å². The first-order valence-corrected chi connectivity index (χ1v) is 9.52. The number of hydrogen-bond acceptors (Lipinski definition) is 4. The third-order valence-corrected chi connectivity index (χ3v) is 5.19. The van der Waals surface area contributed by atoms with Crippen molar-refractivity contribution in [3.8, 4) is 5.75 Å². The Morgan fingerprint density at radius 3 is 2.93 bits per heavy atom. The van der Waals surface area contributed by atoms with Crippen LogP contribution in [0.15, 0.2) is 48.8 Å². The number of benzene rings is 2. The van der Waals surface area contributed by atoms with E-state index in [1.54, 1.807) is 18.2 Å². The van der Waals surface area contributed by atoms with E-state index in [4.69, 9.17) is 16.3 Å². The van der Waals surface area contributed by atoms with E-state index in [1.165, 1.54) is 36.1 Å². The maximum Gasteiger partial charge on any atom is 0.278 e. The molecule has 7 nitrogen and oxygen atoms in total. The van der Waals surface area contributed by atoms with Crippen LogP contribution in [0.2, 0.25) is 5.02 Å². The molecule has 0 radical (unpaired) electrons. The van der Waals surface area contributed by atoms with E-state index in [1.807, 2.05) is 13.0 Å². The summed E-state index contributed by atoms with van der Waals surface area (Å²) >= 11 is 6.05. The standard InChI is InChI=1S/C21H18ClFN4O3/c1-12-6-7-18-17(8-12)26-20(29)21(2,30-18)19(28)25-13-9-24-27(10-13)11-14-15(22)4-3-5-16(14)23/h3-10H,11H2,1-2H3,(H,25,28)(H,26,29). The summed E-state index contributed by atoms with van der Waals surface area (Å²) in [6.45, 7) is 3.37. The summed E-state index contributed by atoms with van der Waals surface area (Å²) in [5.41, 5.74) is 0.320. The molecule has 2 amide bonds. The number of hydrogen-bond donors (Lipinski definition) is 2. The molecule has 0 spiro atoms. The van der Waals surface area contributed by atoms with Gasteiger partial charge in [-0.05, 0) is 43.7 Å². The SMILES string of the molecule is Cc1ccc2c(c1)NC(=O)C(C)(C(=O)Nc1cnn(Cc3c(F)cccc3Cl)c1)O2.